The first-order chi connectivity index (χ1) is 22.8. The number of alkyl halides is 3. The molecule has 0 radical (unpaired) electrons. The number of carbonyl (C=O) groups is 2. The van der Waals surface area contributed by atoms with Crippen LogP contribution in [0.15, 0.2) is 108 Å². The van der Waals surface area contributed by atoms with Gasteiger partial charge in [0.15, 0.2) is 0 Å². The lowest BCUT2D eigenvalue weighted by atomic mass is 10.0. The van der Waals surface area contributed by atoms with Gasteiger partial charge in [-0.25, -0.2) is 8.42 Å². The maximum atomic E-state index is 14.5. The van der Waals surface area contributed by atoms with Gasteiger partial charge in [-0.05, 0) is 60.0 Å². The number of benzene rings is 4. The Morgan fingerprint density at radius 1 is 0.854 bits per heavy atom. The highest BCUT2D eigenvalue weighted by Gasteiger charge is 2.37. The van der Waals surface area contributed by atoms with Crippen LogP contribution in [-0.4, -0.2) is 44.3 Å². The molecule has 0 aliphatic heterocycles. The Bertz CT molecular complexity index is 1790. The van der Waals surface area contributed by atoms with Crippen LogP contribution in [0.5, 0.6) is 0 Å². The lowest BCUT2D eigenvalue weighted by molar-refractivity contribution is -0.140. The van der Waals surface area contributed by atoms with Crippen molar-refractivity contribution in [3.8, 4) is 0 Å². The molecular formula is C35H34Cl2F3N3O4S. The lowest BCUT2D eigenvalue weighted by Gasteiger charge is -2.34. The Morgan fingerprint density at radius 2 is 1.48 bits per heavy atom. The molecule has 2 amide bonds. The van der Waals surface area contributed by atoms with Crippen molar-refractivity contribution in [1.29, 1.82) is 0 Å². The average Bonchev–Trinajstić information content (AvgIpc) is 3.06. The molecule has 0 aliphatic carbocycles. The van der Waals surface area contributed by atoms with Crippen molar-refractivity contribution >= 4 is 50.7 Å². The molecule has 0 heterocycles. The zero-order valence-electron chi connectivity index (χ0n) is 26.0. The van der Waals surface area contributed by atoms with Gasteiger partial charge < -0.3 is 10.2 Å². The van der Waals surface area contributed by atoms with E-state index in [1.165, 1.54) is 29.2 Å². The van der Waals surface area contributed by atoms with E-state index >= 15 is 0 Å². The minimum absolute atomic E-state index is 0.0860. The van der Waals surface area contributed by atoms with E-state index in [2.05, 4.69) is 5.32 Å². The van der Waals surface area contributed by atoms with Crippen LogP contribution in [0.1, 0.15) is 36.5 Å². The summed E-state index contributed by atoms with van der Waals surface area (Å²) in [7, 11) is -4.60. The SMILES string of the molecule is CCCCNC(=O)C(Cc1ccccc1)N(Cc1ccc(Cl)cc1)C(=O)CN(c1ccc(Cl)c(C(F)(F)F)c1)S(=O)(=O)c1ccccc1. The maximum Gasteiger partial charge on any atom is 0.417 e. The van der Waals surface area contributed by atoms with Gasteiger partial charge in [-0.1, -0.05) is 97.2 Å². The normalized spacial score (nSPS) is 12.3. The molecule has 1 atom stereocenters. The zero-order chi connectivity index (χ0) is 34.9. The molecule has 1 unspecified atom stereocenters. The minimum Gasteiger partial charge on any atom is -0.354 e. The molecule has 0 spiro atoms. The van der Waals surface area contributed by atoms with E-state index in [1.54, 1.807) is 54.6 Å². The number of nitrogens with one attached hydrogen (secondary N) is 1. The zero-order valence-corrected chi connectivity index (χ0v) is 28.3. The molecule has 0 aromatic heterocycles. The summed E-state index contributed by atoms with van der Waals surface area (Å²) in [4.78, 5) is 29.2. The van der Waals surface area contributed by atoms with Crippen LogP contribution in [0.2, 0.25) is 10.0 Å². The van der Waals surface area contributed by atoms with Gasteiger partial charge in [0.25, 0.3) is 10.0 Å². The van der Waals surface area contributed by atoms with Crippen LogP contribution in [0.25, 0.3) is 0 Å². The molecule has 13 heteroatoms. The predicted molar refractivity (Wildman–Crippen MR) is 181 cm³/mol. The second-order valence-corrected chi connectivity index (χ2v) is 13.7. The maximum absolute atomic E-state index is 14.5. The summed E-state index contributed by atoms with van der Waals surface area (Å²) in [5.74, 6) is -1.28. The number of halogens is 5. The average molecular weight is 721 g/mol. The van der Waals surface area contributed by atoms with E-state index in [9.17, 15) is 31.2 Å². The molecular weight excluding hydrogens is 686 g/mol. The molecule has 7 nitrogen and oxygen atoms in total. The van der Waals surface area contributed by atoms with Crippen LogP contribution in [0.4, 0.5) is 18.9 Å². The molecule has 4 aromatic carbocycles. The molecule has 1 N–H and O–H groups in total. The summed E-state index contributed by atoms with van der Waals surface area (Å²) < 4.78 is 70.5. The van der Waals surface area contributed by atoms with Crippen molar-refractivity contribution in [1.82, 2.24) is 10.2 Å². The number of hydrogen-bond donors (Lipinski definition) is 1. The minimum atomic E-state index is -4.91. The Hall–Kier alpha value is -4.06. The Labute approximate surface area is 288 Å². The molecule has 254 valence electrons. The number of anilines is 1. The van der Waals surface area contributed by atoms with Gasteiger partial charge >= 0.3 is 6.18 Å². The van der Waals surface area contributed by atoms with Gasteiger partial charge in [0.2, 0.25) is 11.8 Å². The molecule has 4 rings (SSSR count). The highest BCUT2D eigenvalue weighted by Crippen LogP contribution is 2.38. The standard InChI is InChI=1S/C35H34Cl2F3N3O4S/c1-2-3-20-41-34(45)32(21-25-10-6-4-7-11-25)42(23-26-14-16-27(36)17-15-26)33(44)24-43(48(46,47)29-12-8-5-9-13-29)28-18-19-31(37)30(22-28)35(38,39)40/h4-19,22,32H,2-3,20-21,23-24H2,1H3,(H,41,45). The molecule has 0 saturated carbocycles. The highest BCUT2D eigenvalue weighted by atomic mass is 35.5. The van der Waals surface area contributed by atoms with E-state index in [1.807, 2.05) is 13.0 Å². The fraction of sp³-hybridized carbons (Fsp3) is 0.257. The summed E-state index contributed by atoms with van der Waals surface area (Å²) in [5.41, 5.74) is -0.362. The molecule has 0 bridgehead atoms. The summed E-state index contributed by atoms with van der Waals surface area (Å²) in [5, 5.41) is 2.69. The summed E-state index contributed by atoms with van der Waals surface area (Å²) in [6, 6.07) is 24.1. The van der Waals surface area contributed by atoms with Gasteiger partial charge in [0.05, 0.1) is 21.2 Å². The van der Waals surface area contributed by atoms with E-state index in [0.29, 0.717) is 33.9 Å². The Morgan fingerprint density at radius 3 is 2.08 bits per heavy atom. The molecule has 0 saturated heterocycles. The van der Waals surface area contributed by atoms with Crippen molar-refractivity contribution in [2.24, 2.45) is 0 Å². The van der Waals surface area contributed by atoms with Crippen molar-refractivity contribution in [2.45, 2.75) is 49.8 Å². The largest absolute Gasteiger partial charge is 0.417 e. The topological polar surface area (TPSA) is 86.8 Å². The second kappa shape index (κ2) is 16.4. The van der Waals surface area contributed by atoms with Crippen LogP contribution < -0.4 is 9.62 Å². The van der Waals surface area contributed by atoms with Crippen molar-refractivity contribution < 1.29 is 31.2 Å². The number of hydrogen-bond acceptors (Lipinski definition) is 4. The third kappa shape index (κ3) is 9.52. The van der Waals surface area contributed by atoms with Crippen molar-refractivity contribution in [3.63, 3.8) is 0 Å². The van der Waals surface area contributed by atoms with Crippen LogP contribution >= 0.6 is 23.2 Å². The molecule has 48 heavy (non-hydrogen) atoms. The summed E-state index contributed by atoms with van der Waals surface area (Å²) in [6.07, 6.45) is -3.32. The van der Waals surface area contributed by atoms with Gasteiger partial charge in [0, 0.05) is 24.5 Å². The van der Waals surface area contributed by atoms with E-state index in [-0.39, 0.29) is 17.9 Å². The Kier molecular flexibility index (Phi) is 12.5. The third-order valence-corrected chi connectivity index (χ3v) is 9.89. The number of amides is 2. The fourth-order valence-electron chi connectivity index (χ4n) is 4.98. The number of unbranched alkanes of at least 4 members (excludes halogenated alkanes) is 1. The number of nitrogens with zero attached hydrogens (tertiary/aromatic N) is 2. The fourth-order valence-corrected chi connectivity index (χ4v) is 6.76. The van der Waals surface area contributed by atoms with Crippen LogP contribution in [0.3, 0.4) is 0 Å². The van der Waals surface area contributed by atoms with E-state index in [0.717, 1.165) is 24.1 Å². The van der Waals surface area contributed by atoms with Crippen molar-refractivity contribution in [2.75, 3.05) is 17.4 Å². The Balaban J connectivity index is 1.84. The van der Waals surface area contributed by atoms with Gasteiger partial charge in [-0.3, -0.25) is 13.9 Å². The molecule has 0 aliphatic rings. The first-order valence-corrected chi connectivity index (χ1v) is 17.3. The van der Waals surface area contributed by atoms with E-state index in [4.69, 9.17) is 23.2 Å². The molecule has 0 fully saturated rings. The highest BCUT2D eigenvalue weighted by molar-refractivity contribution is 7.92. The monoisotopic (exact) mass is 719 g/mol. The number of carbonyl (C=O) groups excluding carboxylic acids is 2. The predicted octanol–water partition coefficient (Wildman–Crippen LogP) is 7.76. The van der Waals surface area contributed by atoms with Gasteiger partial charge in [-0.15, -0.1) is 0 Å². The molecule has 4 aromatic rings. The third-order valence-electron chi connectivity index (χ3n) is 7.52. The van der Waals surface area contributed by atoms with E-state index < -0.39 is 56.9 Å². The van der Waals surface area contributed by atoms with Crippen LogP contribution in [0, 0.1) is 0 Å². The van der Waals surface area contributed by atoms with Crippen LogP contribution in [-0.2, 0) is 38.8 Å². The van der Waals surface area contributed by atoms with Crippen molar-refractivity contribution in [3.05, 3.63) is 130 Å². The number of rotatable bonds is 14. The summed E-state index contributed by atoms with van der Waals surface area (Å²) >= 11 is 12.0. The first-order valence-electron chi connectivity index (χ1n) is 15.1. The second-order valence-electron chi connectivity index (χ2n) is 11.0. The number of sulfonamides is 1. The summed E-state index contributed by atoms with van der Waals surface area (Å²) in [6.45, 7) is 1.27. The first kappa shape index (κ1) is 36.8. The smallest absolute Gasteiger partial charge is 0.354 e. The van der Waals surface area contributed by atoms with Gasteiger partial charge in [0.1, 0.15) is 12.6 Å². The quantitative estimate of drug-likeness (QED) is 0.135. The lowest BCUT2D eigenvalue weighted by Crippen LogP contribution is -2.53. The van der Waals surface area contributed by atoms with Gasteiger partial charge in [-0.2, -0.15) is 13.2 Å².